The lowest BCUT2D eigenvalue weighted by Crippen LogP contribution is -2.43. The molecule has 3 N–H and O–H groups in total. The zero-order chi connectivity index (χ0) is 21.8. The fourth-order valence-electron chi connectivity index (χ4n) is 3.69. The van der Waals surface area contributed by atoms with E-state index in [1.54, 1.807) is 17.5 Å². The maximum absolute atomic E-state index is 4.73. The summed E-state index contributed by atoms with van der Waals surface area (Å²) in [5.41, 5.74) is 5.02. The maximum Gasteiger partial charge on any atom is 0.227 e. The second-order valence-corrected chi connectivity index (χ2v) is 8.60. The van der Waals surface area contributed by atoms with Crippen LogP contribution in [0.2, 0.25) is 0 Å². The standard InChI is InChI=1S/C24H25N7S/c1-17-22(32-24(27-17)29-18-5-3-2-4-6-18)21-11-12-26-23(30-21)28-19-7-9-20(10-8-19)31-15-13-25-14-16-31/h2-12,25H,13-16H2,1H3,(H,27,29)(H,26,28,30). The van der Waals surface area contributed by atoms with Gasteiger partial charge in [-0.2, -0.15) is 0 Å². The van der Waals surface area contributed by atoms with Gasteiger partial charge in [-0.05, 0) is 49.4 Å². The lowest BCUT2D eigenvalue weighted by atomic mass is 10.2. The van der Waals surface area contributed by atoms with Crippen LogP contribution in [0.1, 0.15) is 5.69 Å². The van der Waals surface area contributed by atoms with E-state index >= 15 is 0 Å². The predicted octanol–water partition coefficient (Wildman–Crippen LogP) is 4.81. The van der Waals surface area contributed by atoms with Crippen molar-refractivity contribution < 1.29 is 0 Å². The highest BCUT2D eigenvalue weighted by Crippen LogP contribution is 2.33. The van der Waals surface area contributed by atoms with Gasteiger partial charge in [0, 0.05) is 49.4 Å². The van der Waals surface area contributed by atoms with Crippen molar-refractivity contribution in [2.24, 2.45) is 0 Å². The van der Waals surface area contributed by atoms with E-state index in [1.807, 2.05) is 43.3 Å². The van der Waals surface area contributed by atoms with Crippen LogP contribution in [0.4, 0.5) is 28.1 Å². The van der Waals surface area contributed by atoms with Gasteiger partial charge >= 0.3 is 0 Å². The SMILES string of the molecule is Cc1nc(Nc2ccccc2)sc1-c1ccnc(Nc2ccc(N3CCNCC3)cc2)n1. The highest BCUT2D eigenvalue weighted by molar-refractivity contribution is 7.19. The van der Waals surface area contributed by atoms with E-state index in [4.69, 9.17) is 4.98 Å². The third-order valence-electron chi connectivity index (χ3n) is 5.32. The van der Waals surface area contributed by atoms with Crippen LogP contribution in [0, 0.1) is 6.92 Å². The monoisotopic (exact) mass is 443 g/mol. The number of benzene rings is 2. The van der Waals surface area contributed by atoms with Crippen LogP contribution in [0.15, 0.2) is 66.9 Å². The minimum absolute atomic E-state index is 0.572. The van der Waals surface area contributed by atoms with E-state index in [0.29, 0.717) is 5.95 Å². The highest BCUT2D eigenvalue weighted by atomic mass is 32.1. The zero-order valence-corrected chi connectivity index (χ0v) is 18.7. The van der Waals surface area contributed by atoms with Crippen molar-refractivity contribution in [3.05, 3.63) is 72.6 Å². The van der Waals surface area contributed by atoms with Crippen molar-refractivity contribution in [3.63, 3.8) is 0 Å². The molecule has 1 fully saturated rings. The number of hydrogen-bond acceptors (Lipinski definition) is 8. The summed E-state index contributed by atoms with van der Waals surface area (Å²) in [6.45, 7) is 6.13. The van der Waals surface area contributed by atoms with Crippen LogP contribution in [-0.4, -0.2) is 41.1 Å². The van der Waals surface area contributed by atoms with Crippen LogP contribution in [-0.2, 0) is 0 Å². The molecule has 162 valence electrons. The third-order valence-corrected chi connectivity index (χ3v) is 6.41. The van der Waals surface area contributed by atoms with Crippen molar-refractivity contribution in [1.82, 2.24) is 20.3 Å². The van der Waals surface area contributed by atoms with Gasteiger partial charge in [0.2, 0.25) is 5.95 Å². The lowest BCUT2D eigenvalue weighted by molar-refractivity contribution is 0.589. The normalized spacial score (nSPS) is 13.7. The third kappa shape index (κ3) is 4.71. The minimum atomic E-state index is 0.572. The molecule has 2 aromatic heterocycles. The fraction of sp³-hybridized carbons (Fsp3) is 0.208. The lowest BCUT2D eigenvalue weighted by Gasteiger charge is -2.29. The molecule has 7 nitrogen and oxygen atoms in total. The second kappa shape index (κ2) is 9.33. The summed E-state index contributed by atoms with van der Waals surface area (Å²) in [5.74, 6) is 0.572. The molecule has 0 spiro atoms. The van der Waals surface area contributed by atoms with Crippen LogP contribution in [0.3, 0.4) is 0 Å². The molecular weight excluding hydrogens is 418 g/mol. The topological polar surface area (TPSA) is 78.0 Å². The zero-order valence-electron chi connectivity index (χ0n) is 17.9. The average Bonchev–Trinajstić information content (AvgIpc) is 3.21. The Morgan fingerprint density at radius 1 is 0.875 bits per heavy atom. The van der Waals surface area contributed by atoms with E-state index in [-0.39, 0.29) is 0 Å². The number of aromatic nitrogens is 3. The van der Waals surface area contributed by atoms with Crippen molar-refractivity contribution in [3.8, 4) is 10.6 Å². The first kappa shape index (κ1) is 20.4. The van der Waals surface area contributed by atoms with Gasteiger partial charge in [-0.25, -0.2) is 15.0 Å². The molecule has 0 radical (unpaired) electrons. The fourth-order valence-corrected chi connectivity index (χ4v) is 4.64. The Labute approximate surface area is 191 Å². The van der Waals surface area contributed by atoms with Gasteiger partial charge in [-0.15, -0.1) is 0 Å². The molecule has 5 rings (SSSR count). The number of rotatable bonds is 6. The Kier molecular flexibility index (Phi) is 5.96. The molecule has 0 unspecified atom stereocenters. The average molecular weight is 444 g/mol. The Balaban J connectivity index is 1.30. The summed E-state index contributed by atoms with van der Waals surface area (Å²) in [7, 11) is 0. The molecule has 1 saturated heterocycles. The van der Waals surface area contributed by atoms with E-state index in [9.17, 15) is 0 Å². The molecule has 0 bridgehead atoms. The Morgan fingerprint density at radius 3 is 2.41 bits per heavy atom. The van der Waals surface area contributed by atoms with E-state index in [1.165, 1.54) is 5.69 Å². The van der Waals surface area contributed by atoms with Crippen LogP contribution in [0.25, 0.3) is 10.6 Å². The molecule has 4 aromatic rings. The number of thiazole rings is 1. The first-order valence-corrected chi connectivity index (χ1v) is 11.5. The maximum atomic E-state index is 4.73. The summed E-state index contributed by atoms with van der Waals surface area (Å²) < 4.78 is 0. The molecule has 3 heterocycles. The molecule has 0 saturated carbocycles. The van der Waals surface area contributed by atoms with E-state index < -0.39 is 0 Å². The molecule has 0 atom stereocenters. The van der Waals surface area contributed by atoms with Crippen molar-refractivity contribution in [2.45, 2.75) is 6.92 Å². The van der Waals surface area contributed by atoms with Crippen LogP contribution >= 0.6 is 11.3 Å². The molecule has 0 amide bonds. The second-order valence-electron chi connectivity index (χ2n) is 7.60. The number of nitrogens with zero attached hydrogens (tertiary/aromatic N) is 4. The molecule has 0 aliphatic carbocycles. The van der Waals surface area contributed by atoms with Crippen molar-refractivity contribution >= 4 is 39.5 Å². The van der Waals surface area contributed by atoms with Crippen LogP contribution in [0.5, 0.6) is 0 Å². The first-order chi connectivity index (χ1) is 15.7. The highest BCUT2D eigenvalue weighted by Gasteiger charge is 2.13. The quantitative estimate of drug-likeness (QED) is 0.395. The number of aryl methyl sites for hydroxylation is 1. The number of para-hydroxylation sites is 1. The number of hydrogen-bond donors (Lipinski definition) is 3. The molecule has 1 aliphatic heterocycles. The van der Waals surface area contributed by atoms with Crippen LogP contribution < -0.4 is 20.9 Å². The molecule has 1 aliphatic rings. The molecular formula is C24H25N7S. The molecule has 32 heavy (non-hydrogen) atoms. The van der Waals surface area contributed by atoms with E-state index in [0.717, 1.165) is 59.0 Å². The summed E-state index contributed by atoms with van der Waals surface area (Å²) in [6.07, 6.45) is 1.78. The Morgan fingerprint density at radius 2 is 1.62 bits per heavy atom. The van der Waals surface area contributed by atoms with Gasteiger partial charge in [0.15, 0.2) is 5.13 Å². The van der Waals surface area contributed by atoms with Crippen molar-refractivity contribution in [2.75, 3.05) is 41.7 Å². The van der Waals surface area contributed by atoms with Gasteiger partial charge < -0.3 is 20.9 Å². The Hall–Kier alpha value is -3.49. The number of nitrogens with one attached hydrogen (secondary N) is 3. The van der Waals surface area contributed by atoms with Gasteiger partial charge in [-0.1, -0.05) is 29.5 Å². The molecule has 8 heteroatoms. The van der Waals surface area contributed by atoms with Crippen molar-refractivity contribution in [1.29, 1.82) is 0 Å². The Bertz CT molecular complexity index is 1170. The first-order valence-electron chi connectivity index (χ1n) is 10.7. The smallest absolute Gasteiger partial charge is 0.227 e. The summed E-state index contributed by atoms with van der Waals surface area (Å²) in [6, 6.07) is 20.4. The summed E-state index contributed by atoms with van der Waals surface area (Å²) in [5, 5.41) is 10.9. The van der Waals surface area contributed by atoms with Gasteiger partial charge in [0.1, 0.15) is 0 Å². The number of piperazine rings is 1. The van der Waals surface area contributed by atoms with Gasteiger partial charge in [-0.3, -0.25) is 0 Å². The van der Waals surface area contributed by atoms with E-state index in [2.05, 4.69) is 55.1 Å². The largest absolute Gasteiger partial charge is 0.369 e. The van der Waals surface area contributed by atoms with Gasteiger partial charge in [0.25, 0.3) is 0 Å². The summed E-state index contributed by atoms with van der Waals surface area (Å²) in [4.78, 5) is 17.2. The predicted molar refractivity (Wildman–Crippen MR) is 132 cm³/mol. The summed E-state index contributed by atoms with van der Waals surface area (Å²) >= 11 is 1.59. The van der Waals surface area contributed by atoms with Gasteiger partial charge in [0.05, 0.1) is 16.3 Å². The molecule has 2 aromatic carbocycles. The number of anilines is 5. The minimum Gasteiger partial charge on any atom is -0.369 e.